The minimum atomic E-state index is -2.93. The normalized spacial score (nSPS) is 22.1. The number of aliphatic hydroxyl groups is 1. The third kappa shape index (κ3) is 9.61. The zero-order valence-corrected chi connectivity index (χ0v) is 32.2. The average molecular weight is 638 g/mol. The molecule has 8 heteroatoms. The molecule has 242 valence electrons. The van der Waals surface area contributed by atoms with Gasteiger partial charge >= 0.3 is 0 Å². The molecule has 1 aliphatic rings. The maximum atomic E-state index is 15.1. The third-order valence-corrected chi connectivity index (χ3v) is 21.3. The van der Waals surface area contributed by atoms with Crippen LogP contribution in [-0.2, 0) is 18.6 Å². The van der Waals surface area contributed by atoms with Gasteiger partial charge in [-0.2, -0.15) is 0 Å². The Morgan fingerprint density at radius 1 is 0.976 bits per heavy atom. The van der Waals surface area contributed by atoms with Crippen LogP contribution in [0, 0.1) is 18.8 Å². The van der Waals surface area contributed by atoms with Gasteiger partial charge in [-0.3, -0.25) is 0 Å². The molecule has 0 aromatic heterocycles. The molecule has 0 unspecified atom stereocenters. The van der Waals surface area contributed by atoms with E-state index in [0.717, 1.165) is 41.7 Å². The van der Waals surface area contributed by atoms with Gasteiger partial charge < -0.3 is 14.0 Å². The Labute approximate surface area is 261 Å². The Kier molecular flexibility index (Phi) is 12.6. The van der Waals surface area contributed by atoms with Gasteiger partial charge in [0.2, 0.25) is 0 Å². The van der Waals surface area contributed by atoms with E-state index in [1.165, 1.54) is 0 Å². The van der Waals surface area contributed by atoms with E-state index in [9.17, 15) is 5.11 Å². The molecule has 42 heavy (non-hydrogen) atoms. The molecule has 1 fully saturated rings. The van der Waals surface area contributed by atoms with Crippen molar-refractivity contribution in [3.63, 3.8) is 0 Å². The molecule has 2 rings (SSSR count). The fraction of sp³-hybridized carbons (Fsp3) is 0.765. The zero-order valence-electron chi connectivity index (χ0n) is 29.3. The SMILES string of the molecule is Cc1ccc([S@](=O)(/C=C2/CCCC[C@@H]2[C@H](O)[C@H](C)O[Si](C)(C)C(C)(C)C)=N[C@@H](CO[Si](C)(C)C(C)(C)C)C(C)C)cc1. The lowest BCUT2D eigenvalue weighted by Crippen LogP contribution is -2.48. The van der Waals surface area contributed by atoms with Crippen LogP contribution in [0.4, 0.5) is 0 Å². The summed E-state index contributed by atoms with van der Waals surface area (Å²) in [5.74, 6) is 0.0752. The number of benzene rings is 1. The van der Waals surface area contributed by atoms with Gasteiger partial charge in [-0.1, -0.05) is 85.1 Å². The summed E-state index contributed by atoms with van der Waals surface area (Å²) in [6.07, 6.45) is 2.80. The van der Waals surface area contributed by atoms with E-state index in [1.807, 2.05) is 43.5 Å². The molecule has 5 atom stereocenters. The number of hydrogen-bond donors (Lipinski definition) is 1. The molecule has 0 spiro atoms. The highest BCUT2D eigenvalue weighted by atomic mass is 32.2. The molecule has 1 aromatic rings. The van der Waals surface area contributed by atoms with Crippen molar-refractivity contribution in [1.29, 1.82) is 0 Å². The predicted molar refractivity (Wildman–Crippen MR) is 186 cm³/mol. The van der Waals surface area contributed by atoms with Crippen LogP contribution in [0.3, 0.4) is 0 Å². The van der Waals surface area contributed by atoms with Gasteiger partial charge in [-0.15, -0.1) is 0 Å². The molecule has 1 saturated carbocycles. The van der Waals surface area contributed by atoms with Gasteiger partial charge in [0.25, 0.3) is 0 Å². The second-order valence-corrected chi connectivity index (χ2v) is 27.6. The molecule has 0 heterocycles. The monoisotopic (exact) mass is 637 g/mol. The van der Waals surface area contributed by atoms with Crippen LogP contribution in [0.2, 0.25) is 36.3 Å². The number of nitrogens with zero attached hydrogens (tertiary/aromatic N) is 1. The molecule has 0 saturated heterocycles. The highest BCUT2D eigenvalue weighted by Gasteiger charge is 2.42. The lowest BCUT2D eigenvalue weighted by atomic mass is 9.80. The van der Waals surface area contributed by atoms with Crippen molar-refractivity contribution < 1.29 is 18.2 Å². The number of aryl methyl sites for hydroxylation is 1. The summed E-state index contributed by atoms with van der Waals surface area (Å²) in [7, 11) is -6.99. The largest absolute Gasteiger partial charge is 0.415 e. The molecule has 0 bridgehead atoms. The minimum Gasteiger partial charge on any atom is -0.415 e. The van der Waals surface area contributed by atoms with Crippen LogP contribution in [0.15, 0.2) is 44.5 Å². The van der Waals surface area contributed by atoms with E-state index in [1.54, 1.807) is 0 Å². The average Bonchev–Trinajstić information content (AvgIpc) is 2.85. The smallest absolute Gasteiger partial charge is 0.192 e. The van der Waals surface area contributed by atoms with Gasteiger partial charge in [-0.05, 0) is 87.4 Å². The van der Waals surface area contributed by atoms with Gasteiger partial charge in [0.1, 0.15) is 0 Å². The Morgan fingerprint density at radius 3 is 2.02 bits per heavy atom. The van der Waals surface area contributed by atoms with Crippen LogP contribution >= 0.6 is 0 Å². The predicted octanol–water partition coefficient (Wildman–Crippen LogP) is 9.71. The van der Waals surface area contributed by atoms with E-state index in [4.69, 9.17) is 13.2 Å². The van der Waals surface area contributed by atoms with Crippen LogP contribution < -0.4 is 0 Å². The lowest BCUT2D eigenvalue weighted by Gasteiger charge is -2.41. The summed E-state index contributed by atoms with van der Waals surface area (Å²) in [5, 5.41) is 13.8. The topological polar surface area (TPSA) is 68.1 Å². The summed E-state index contributed by atoms with van der Waals surface area (Å²) < 4.78 is 33.5. The fourth-order valence-corrected chi connectivity index (χ4v) is 9.49. The highest BCUT2D eigenvalue weighted by Crippen LogP contribution is 2.41. The molecule has 0 amide bonds. The van der Waals surface area contributed by atoms with Crippen molar-refractivity contribution in [3.05, 3.63) is 40.8 Å². The standard InChI is InChI=1S/C34H63NO4SSi2/c1-25(2)31(23-38-41(11,12)33(5,6)7)35-40(37,29-21-19-26(3)20-22-29)24-28-17-15-16-18-30(28)32(36)27(4)39-42(13,14)34(8,9)10/h19-22,24-25,27,30-32,36H,15-18,23H2,1-14H3/b28-24-/t27-,30-,31-,32+,40+/m0/s1. The summed E-state index contributed by atoms with van der Waals surface area (Å²) in [6, 6.07) is 7.74. The first-order valence-electron chi connectivity index (χ1n) is 16.0. The zero-order chi connectivity index (χ0) is 32.3. The summed E-state index contributed by atoms with van der Waals surface area (Å²) in [4.78, 5) is 0.725. The maximum absolute atomic E-state index is 15.1. The van der Waals surface area contributed by atoms with Crippen LogP contribution in [0.1, 0.15) is 93.6 Å². The highest BCUT2D eigenvalue weighted by molar-refractivity contribution is 7.96. The summed E-state index contributed by atoms with van der Waals surface area (Å²) in [5.41, 5.74) is 2.18. The quantitative estimate of drug-likeness (QED) is 0.245. The minimum absolute atomic E-state index is 0.0587. The van der Waals surface area contributed by atoms with E-state index in [-0.39, 0.29) is 34.1 Å². The van der Waals surface area contributed by atoms with Crippen LogP contribution in [-0.4, -0.2) is 50.8 Å². The Hall–Kier alpha value is -0.776. The van der Waals surface area contributed by atoms with Gasteiger partial charge in [0, 0.05) is 11.3 Å². The molecule has 0 aliphatic heterocycles. The second-order valence-electron chi connectivity index (χ2n) is 16.0. The van der Waals surface area contributed by atoms with E-state index in [0.29, 0.717) is 6.61 Å². The van der Waals surface area contributed by atoms with Crippen molar-refractivity contribution in [2.75, 3.05) is 6.61 Å². The molecular weight excluding hydrogens is 575 g/mol. The van der Waals surface area contributed by atoms with Gasteiger partial charge in [0.05, 0.1) is 39.5 Å². The van der Waals surface area contributed by atoms with Gasteiger partial charge in [-0.25, -0.2) is 8.57 Å². The molecule has 1 aromatic carbocycles. The summed E-state index contributed by atoms with van der Waals surface area (Å²) >= 11 is 0. The van der Waals surface area contributed by atoms with Crippen molar-refractivity contribution in [1.82, 2.24) is 0 Å². The fourth-order valence-electron chi connectivity index (χ4n) is 4.79. The molecular formula is C34H63NO4SSi2. The first-order valence-corrected chi connectivity index (χ1v) is 23.4. The second kappa shape index (κ2) is 14.1. The first-order chi connectivity index (χ1) is 19.0. The van der Waals surface area contributed by atoms with Crippen molar-refractivity contribution in [2.24, 2.45) is 16.2 Å². The molecule has 5 nitrogen and oxygen atoms in total. The van der Waals surface area contributed by atoms with Crippen molar-refractivity contribution >= 4 is 26.4 Å². The number of hydrogen-bond acceptors (Lipinski definition) is 5. The molecule has 1 N–H and O–H groups in total. The van der Waals surface area contributed by atoms with Gasteiger partial charge in [0.15, 0.2) is 16.6 Å². The van der Waals surface area contributed by atoms with Crippen molar-refractivity contribution in [3.8, 4) is 0 Å². The lowest BCUT2D eigenvalue weighted by molar-refractivity contribution is 0.00326. The Bertz CT molecular complexity index is 1170. The Balaban J connectivity index is 2.58. The van der Waals surface area contributed by atoms with E-state index in [2.05, 4.69) is 81.6 Å². The first kappa shape index (κ1) is 37.4. The maximum Gasteiger partial charge on any atom is 0.192 e. The molecule has 0 radical (unpaired) electrons. The van der Waals surface area contributed by atoms with Crippen molar-refractivity contribution in [2.45, 2.75) is 154 Å². The molecule has 1 aliphatic carbocycles. The Morgan fingerprint density at radius 2 is 1.52 bits per heavy atom. The number of rotatable bonds is 11. The van der Waals surface area contributed by atoms with Crippen LogP contribution in [0.5, 0.6) is 0 Å². The van der Waals surface area contributed by atoms with E-state index < -0.39 is 32.5 Å². The third-order valence-electron chi connectivity index (χ3n) is 10.0. The van der Waals surface area contributed by atoms with E-state index >= 15 is 4.21 Å². The van der Waals surface area contributed by atoms with Crippen LogP contribution in [0.25, 0.3) is 0 Å². The number of aliphatic hydroxyl groups excluding tert-OH is 1. The summed E-state index contributed by atoms with van der Waals surface area (Å²) in [6.45, 7) is 31.2.